The Kier molecular flexibility index (Phi) is 7.86. The zero-order valence-electron chi connectivity index (χ0n) is 14.1. The number of rotatable bonds is 7. The van der Waals surface area contributed by atoms with Crippen molar-refractivity contribution >= 4 is 18.3 Å². The zero-order valence-corrected chi connectivity index (χ0v) is 15.0. The van der Waals surface area contributed by atoms with Crippen molar-refractivity contribution in [1.29, 1.82) is 0 Å². The van der Waals surface area contributed by atoms with Crippen LogP contribution in [0.1, 0.15) is 57.4 Å². The summed E-state index contributed by atoms with van der Waals surface area (Å²) in [5.74, 6) is 1.15. The summed E-state index contributed by atoms with van der Waals surface area (Å²) in [5.41, 5.74) is 6.80. The van der Waals surface area contributed by atoms with Gasteiger partial charge in [0.05, 0.1) is 5.54 Å². The second-order valence-corrected chi connectivity index (χ2v) is 6.38. The van der Waals surface area contributed by atoms with E-state index in [9.17, 15) is 4.79 Å². The third kappa shape index (κ3) is 5.11. The molecule has 4 nitrogen and oxygen atoms in total. The lowest BCUT2D eigenvalue weighted by Crippen LogP contribution is -2.52. The van der Waals surface area contributed by atoms with Gasteiger partial charge in [0.1, 0.15) is 5.75 Å². The van der Waals surface area contributed by atoms with Crippen molar-refractivity contribution in [2.75, 3.05) is 13.2 Å². The van der Waals surface area contributed by atoms with Crippen molar-refractivity contribution in [3.8, 4) is 5.75 Å². The third-order valence-electron chi connectivity index (χ3n) is 4.78. The average molecular weight is 341 g/mol. The smallest absolute Gasteiger partial charge is 0.258 e. The van der Waals surface area contributed by atoms with Crippen LogP contribution in [0.3, 0.4) is 0 Å². The van der Waals surface area contributed by atoms with Gasteiger partial charge >= 0.3 is 0 Å². The molecule has 23 heavy (non-hydrogen) atoms. The molecule has 0 spiro atoms. The fourth-order valence-corrected chi connectivity index (χ4v) is 3.15. The SMILES string of the molecule is CCC(C)c1ccccc1OCC(=O)NC1(CN)CCCC1.Cl. The molecule has 0 aliphatic heterocycles. The van der Waals surface area contributed by atoms with Gasteiger partial charge in [0.25, 0.3) is 5.91 Å². The molecule has 1 aliphatic carbocycles. The number of para-hydroxylation sites is 1. The maximum absolute atomic E-state index is 12.2. The summed E-state index contributed by atoms with van der Waals surface area (Å²) in [5, 5.41) is 3.09. The molecule has 3 N–H and O–H groups in total. The standard InChI is InChI=1S/C18H28N2O2.ClH/c1-3-14(2)15-8-4-5-9-16(15)22-12-17(21)20-18(13-19)10-6-7-11-18;/h4-5,8-9,14H,3,6-7,10-13,19H2,1-2H3,(H,20,21);1H. The topological polar surface area (TPSA) is 64.3 Å². The normalized spacial score (nSPS) is 17.2. The molecule has 130 valence electrons. The highest BCUT2D eigenvalue weighted by Crippen LogP contribution is 2.29. The molecular formula is C18H29ClN2O2. The van der Waals surface area contributed by atoms with Crippen LogP contribution in [-0.2, 0) is 4.79 Å². The van der Waals surface area contributed by atoms with Crippen molar-refractivity contribution in [3.63, 3.8) is 0 Å². The Morgan fingerprint density at radius 3 is 2.61 bits per heavy atom. The van der Waals surface area contributed by atoms with Crippen molar-refractivity contribution in [1.82, 2.24) is 5.32 Å². The van der Waals surface area contributed by atoms with Crippen molar-refractivity contribution in [3.05, 3.63) is 29.8 Å². The van der Waals surface area contributed by atoms with Crippen LogP contribution in [0.15, 0.2) is 24.3 Å². The van der Waals surface area contributed by atoms with Gasteiger partial charge in [-0.15, -0.1) is 12.4 Å². The monoisotopic (exact) mass is 340 g/mol. The zero-order chi connectivity index (χ0) is 16.0. The van der Waals surface area contributed by atoms with Gasteiger partial charge in [-0.05, 0) is 36.8 Å². The van der Waals surface area contributed by atoms with E-state index in [2.05, 4.69) is 25.2 Å². The second kappa shape index (κ2) is 9.14. The van der Waals surface area contributed by atoms with E-state index in [4.69, 9.17) is 10.5 Å². The Morgan fingerprint density at radius 1 is 1.35 bits per heavy atom. The molecule has 1 aromatic carbocycles. The van der Waals surface area contributed by atoms with E-state index in [-0.39, 0.29) is 30.5 Å². The Balaban J connectivity index is 0.00000264. The number of hydrogen-bond donors (Lipinski definition) is 2. The van der Waals surface area contributed by atoms with Crippen LogP contribution < -0.4 is 15.8 Å². The highest BCUT2D eigenvalue weighted by Gasteiger charge is 2.33. The first-order chi connectivity index (χ1) is 10.6. The van der Waals surface area contributed by atoms with E-state index in [0.29, 0.717) is 12.5 Å². The summed E-state index contributed by atoms with van der Waals surface area (Å²) < 4.78 is 5.77. The summed E-state index contributed by atoms with van der Waals surface area (Å²) in [4.78, 5) is 12.2. The van der Waals surface area contributed by atoms with Gasteiger partial charge in [-0.25, -0.2) is 0 Å². The van der Waals surface area contributed by atoms with Crippen molar-refractivity contribution < 1.29 is 9.53 Å². The number of carbonyl (C=O) groups excluding carboxylic acids is 1. The minimum absolute atomic E-state index is 0. The van der Waals surface area contributed by atoms with Crippen LogP contribution in [0, 0.1) is 0 Å². The summed E-state index contributed by atoms with van der Waals surface area (Å²) in [6.45, 7) is 4.88. The molecule has 1 atom stereocenters. The van der Waals surface area contributed by atoms with Crippen molar-refractivity contribution in [2.45, 2.75) is 57.4 Å². The quantitative estimate of drug-likeness (QED) is 0.799. The molecule has 1 aromatic rings. The minimum Gasteiger partial charge on any atom is -0.483 e. The van der Waals surface area contributed by atoms with E-state index in [1.165, 1.54) is 0 Å². The summed E-state index contributed by atoms with van der Waals surface area (Å²) in [6.07, 6.45) is 5.25. The fraction of sp³-hybridized carbons (Fsp3) is 0.611. The Morgan fingerprint density at radius 2 is 2.00 bits per heavy atom. The third-order valence-corrected chi connectivity index (χ3v) is 4.78. The summed E-state index contributed by atoms with van der Waals surface area (Å²) >= 11 is 0. The Hall–Kier alpha value is -1.26. The number of hydrogen-bond acceptors (Lipinski definition) is 3. The van der Waals surface area contributed by atoms with Gasteiger partial charge in [0, 0.05) is 6.54 Å². The van der Waals surface area contributed by atoms with Gasteiger partial charge < -0.3 is 15.8 Å². The molecule has 1 amide bonds. The largest absolute Gasteiger partial charge is 0.483 e. The first-order valence-corrected chi connectivity index (χ1v) is 8.33. The molecule has 0 aromatic heterocycles. The molecule has 1 fully saturated rings. The molecule has 1 saturated carbocycles. The fourth-order valence-electron chi connectivity index (χ4n) is 3.15. The maximum Gasteiger partial charge on any atom is 0.258 e. The predicted octanol–water partition coefficient (Wildman–Crippen LogP) is 3.39. The Labute approximate surface area is 145 Å². The predicted molar refractivity (Wildman–Crippen MR) is 96.3 cm³/mol. The molecule has 1 aliphatic rings. The number of halogens is 1. The van der Waals surface area contributed by atoms with Crippen LogP contribution in [0.5, 0.6) is 5.75 Å². The number of nitrogens with two attached hydrogens (primary N) is 1. The average Bonchev–Trinajstić information content (AvgIpc) is 3.01. The number of nitrogens with one attached hydrogen (secondary N) is 1. The van der Waals surface area contributed by atoms with E-state index in [1.54, 1.807) is 0 Å². The first kappa shape index (κ1) is 19.8. The molecule has 2 rings (SSSR count). The minimum atomic E-state index is -0.212. The van der Waals surface area contributed by atoms with Gasteiger partial charge in [-0.3, -0.25) is 4.79 Å². The number of carbonyl (C=O) groups is 1. The summed E-state index contributed by atoms with van der Waals surface area (Å²) in [6, 6.07) is 7.95. The lowest BCUT2D eigenvalue weighted by molar-refractivity contribution is -0.124. The number of amides is 1. The van der Waals surface area contributed by atoms with Crippen molar-refractivity contribution in [2.24, 2.45) is 5.73 Å². The van der Waals surface area contributed by atoms with E-state index < -0.39 is 0 Å². The van der Waals surface area contributed by atoms with Gasteiger partial charge in [0.15, 0.2) is 6.61 Å². The second-order valence-electron chi connectivity index (χ2n) is 6.38. The van der Waals surface area contributed by atoms with Crippen LogP contribution in [0.25, 0.3) is 0 Å². The van der Waals surface area contributed by atoms with Crippen LogP contribution in [0.2, 0.25) is 0 Å². The molecule has 0 bridgehead atoms. The summed E-state index contributed by atoms with van der Waals surface area (Å²) in [7, 11) is 0. The van der Waals surface area contributed by atoms with Gasteiger partial charge in [-0.2, -0.15) is 0 Å². The maximum atomic E-state index is 12.2. The number of benzene rings is 1. The number of ether oxygens (including phenoxy) is 1. The molecule has 1 unspecified atom stereocenters. The van der Waals surface area contributed by atoms with E-state index in [0.717, 1.165) is 43.4 Å². The van der Waals surface area contributed by atoms with E-state index >= 15 is 0 Å². The molecule has 0 radical (unpaired) electrons. The van der Waals surface area contributed by atoms with Crippen LogP contribution >= 0.6 is 12.4 Å². The molecule has 5 heteroatoms. The van der Waals surface area contributed by atoms with Crippen LogP contribution in [0.4, 0.5) is 0 Å². The first-order valence-electron chi connectivity index (χ1n) is 8.33. The Bertz CT molecular complexity index is 502. The molecular weight excluding hydrogens is 312 g/mol. The molecule has 0 saturated heterocycles. The van der Waals surface area contributed by atoms with Gasteiger partial charge in [-0.1, -0.05) is 44.9 Å². The lowest BCUT2D eigenvalue weighted by Gasteiger charge is -2.28. The highest BCUT2D eigenvalue weighted by molar-refractivity contribution is 5.85. The highest BCUT2D eigenvalue weighted by atomic mass is 35.5. The lowest BCUT2D eigenvalue weighted by atomic mass is 9.97. The van der Waals surface area contributed by atoms with Crippen LogP contribution in [-0.4, -0.2) is 24.6 Å². The van der Waals surface area contributed by atoms with E-state index in [1.807, 2.05) is 18.2 Å². The van der Waals surface area contributed by atoms with Gasteiger partial charge in [0.2, 0.25) is 0 Å². The molecule has 0 heterocycles.